The molecule has 3 aromatic rings. The Kier molecular flexibility index (Phi) is 4.31. The molecule has 4 nitrogen and oxygen atoms in total. The van der Waals surface area contributed by atoms with Crippen molar-refractivity contribution < 1.29 is 4.79 Å². The molecule has 130 valence electrons. The van der Waals surface area contributed by atoms with Gasteiger partial charge >= 0.3 is 0 Å². The van der Waals surface area contributed by atoms with Crippen LogP contribution in [0.1, 0.15) is 27.7 Å². The number of fused-ring (bicyclic) bond motifs is 1. The second-order valence-electron chi connectivity index (χ2n) is 6.13. The Hall–Kier alpha value is -2.56. The molecule has 26 heavy (non-hydrogen) atoms. The number of nitrogens with one attached hydrogen (secondary N) is 1. The van der Waals surface area contributed by atoms with Crippen LogP contribution in [0, 0.1) is 6.92 Å². The highest BCUT2D eigenvalue weighted by Gasteiger charge is 2.38. The van der Waals surface area contributed by atoms with Crippen molar-refractivity contribution in [2.45, 2.75) is 13.1 Å². The van der Waals surface area contributed by atoms with Gasteiger partial charge in [-0.2, -0.15) is 0 Å². The molecule has 1 aromatic heterocycles. The summed E-state index contributed by atoms with van der Waals surface area (Å²) in [6.07, 6.45) is 1.34. The van der Waals surface area contributed by atoms with Gasteiger partial charge in [-0.15, -0.1) is 0 Å². The number of anilines is 2. The van der Waals surface area contributed by atoms with Crippen LogP contribution in [-0.4, -0.2) is 10.9 Å². The summed E-state index contributed by atoms with van der Waals surface area (Å²) in [5.41, 5.74) is 3.26. The van der Waals surface area contributed by atoms with Gasteiger partial charge in [-0.05, 0) is 42.8 Å². The summed E-state index contributed by atoms with van der Waals surface area (Å²) >= 11 is 12.3. The summed E-state index contributed by atoms with van der Waals surface area (Å²) in [5.74, 6) is 0.485. The molecule has 6 heteroatoms. The second-order valence-corrected chi connectivity index (χ2v) is 6.97. The Morgan fingerprint density at radius 3 is 2.62 bits per heavy atom. The van der Waals surface area contributed by atoms with Crippen LogP contribution in [0.2, 0.25) is 10.0 Å². The number of carbonyl (C=O) groups is 1. The van der Waals surface area contributed by atoms with Gasteiger partial charge in [-0.1, -0.05) is 47.5 Å². The number of carbonyl (C=O) groups excluding carboxylic acids is 1. The van der Waals surface area contributed by atoms with E-state index in [1.807, 2.05) is 43.3 Å². The van der Waals surface area contributed by atoms with Crippen molar-refractivity contribution in [3.63, 3.8) is 0 Å². The number of nitrogens with zero attached hydrogens (tertiary/aromatic N) is 2. The first-order valence-electron chi connectivity index (χ1n) is 8.11. The first-order chi connectivity index (χ1) is 12.5. The van der Waals surface area contributed by atoms with Crippen molar-refractivity contribution in [3.8, 4) is 0 Å². The zero-order valence-electron chi connectivity index (χ0n) is 13.9. The molecule has 0 spiro atoms. The monoisotopic (exact) mass is 383 g/mol. The van der Waals surface area contributed by atoms with Gasteiger partial charge in [0.05, 0.1) is 10.7 Å². The number of halogens is 2. The quantitative estimate of drug-likeness (QED) is 0.652. The minimum absolute atomic E-state index is 0.0976. The Morgan fingerprint density at radius 1 is 1.08 bits per heavy atom. The molecule has 2 heterocycles. The standard InChI is InChI=1S/C20H15Cl2N3O/c1-12-6-9-18(23-11-12)25-19(14-4-2-3-5-15(14)20(25)26)24-17-8-7-13(21)10-16(17)22/h2-11,19,24H,1H3. The summed E-state index contributed by atoms with van der Waals surface area (Å²) < 4.78 is 0. The molecule has 0 bridgehead atoms. The SMILES string of the molecule is Cc1ccc(N2C(=O)c3ccccc3C2Nc2ccc(Cl)cc2Cl)nc1. The van der Waals surface area contributed by atoms with E-state index >= 15 is 0 Å². The van der Waals surface area contributed by atoms with Crippen molar-refractivity contribution in [2.24, 2.45) is 0 Å². The molecule has 4 rings (SSSR count). The highest BCUT2D eigenvalue weighted by molar-refractivity contribution is 6.36. The average molecular weight is 384 g/mol. The number of aryl methyl sites for hydroxylation is 1. The molecule has 1 amide bonds. The number of hydrogen-bond acceptors (Lipinski definition) is 3. The predicted molar refractivity (Wildman–Crippen MR) is 105 cm³/mol. The van der Waals surface area contributed by atoms with Crippen LogP contribution >= 0.6 is 23.2 Å². The Labute approximate surface area is 161 Å². The molecular weight excluding hydrogens is 369 g/mol. The highest BCUT2D eigenvalue weighted by atomic mass is 35.5. The number of aromatic nitrogens is 1. The number of amides is 1. The lowest BCUT2D eigenvalue weighted by Crippen LogP contribution is -2.33. The fraction of sp³-hybridized carbons (Fsp3) is 0.100. The molecule has 1 aliphatic rings. The van der Waals surface area contributed by atoms with Gasteiger partial charge in [0, 0.05) is 22.3 Å². The maximum atomic E-state index is 13.0. The molecule has 1 atom stereocenters. The van der Waals surface area contributed by atoms with E-state index in [0.29, 0.717) is 27.1 Å². The zero-order chi connectivity index (χ0) is 18.3. The molecule has 0 saturated heterocycles. The van der Waals surface area contributed by atoms with Gasteiger partial charge < -0.3 is 5.32 Å². The van der Waals surface area contributed by atoms with E-state index in [-0.39, 0.29) is 5.91 Å². The van der Waals surface area contributed by atoms with E-state index < -0.39 is 6.17 Å². The maximum Gasteiger partial charge on any atom is 0.261 e. The lowest BCUT2D eigenvalue weighted by molar-refractivity contribution is 0.0992. The van der Waals surface area contributed by atoms with Gasteiger partial charge in [-0.3, -0.25) is 9.69 Å². The summed E-state index contributed by atoms with van der Waals surface area (Å²) in [6.45, 7) is 1.96. The third-order valence-corrected chi connectivity index (χ3v) is 4.88. The van der Waals surface area contributed by atoms with Crippen LogP contribution in [0.25, 0.3) is 0 Å². The van der Waals surface area contributed by atoms with Gasteiger partial charge in [0.2, 0.25) is 0 Å². The number of pyridine rings is 1. The average Bonchev–Trinajstić information content (AvgIpc) is 2.91. The van der Waals surface area contributed by atoms with Crippen LogP contribution < -0.4 is 10.2 Å². The van der Waals surface area contributed by atoms with Crippen molar-refractivity contribution in [1.29, 1.82) is 0 Å². The van der Waals surface area contributed by atoms with E-state index in [2.05, 4.69) is 10.3 Å². The van der Waals surface area contributed by atoms with Crippen LogP contribution in [0.15, 0.2) is 60.8 Å². The van der Waals surface area contributed by atoms with Gasteiger partial charge in [0.15, 0.2) is 0 Å². The minimum atomic E-state index is -0.410. The summed E-state index contributed by atoms with van der Waals surface area (Å²) in [4.78, 5) is 19.1. The third-order valence-electron chi connectivity index (χ3n) is 4.33. The van der Waals surface area contributed by atoms with Crippen molar-refractivity contribution >= 4 is 40.6 Å². The largest absolute Gasteiger partial charge is 0.360 e. The van der Waals surface area contributed by atoms with Gasteiger partial charge in [-0.25, -0.2) is 4.98 Å². The summed E-state index contributed by atoms with van der Waals surface area (Å²) in [7, 11) is 0. The molecule has 0 saturated carbocycles. The predicted octanol–water partition coefficient (Wildman–Crippen LogP) is 5.47. The lowest BCUT2D eigenvalue weighted by Gasteiger charge is -2.26. The minimum Gasteiger partial charge on any atom is -0.360 e. The first kappa shape index (κ1) is 16.9. The van der Waals surface area contributed by atoms with Gasteiger partial charge in [0.25, 0.3) is 5.91 Å². The van der Waals surface area contributed by atoms with Crippen LogP contribution in [0.3, 0.4) is 0 Å². The lowest BCUT2D eigenvalue weighted by atomic mass is 10.1. The molecule has 1 unspecified atom stereocenters. The summed E-state index contributed by atoms with van der Waals surface area (Å²) in [6, 6.07) is 16.5. The Balaban J connectivity index is 1.79. The molecule has 2 aromatic carbocycles. The van der Waals surface area contributed by atoms with Crippen LogP contribution in [0.4, 0.5) is 11.5 Å². The van der Waals surface area contributed by atoms with Crippen LogP contribution in [-0.2, 0) is 0 Å². The number of hydrogen-bond donors (Lipinski definition) is 1. The molecule has 0 fully saturated rings. The third kappa shape index (κ3) is 2.91. The van der Waals surface area contributed by atoms with Crippen LogP contribution in [0.5, 0.6) is 0 Å². The first-order valence-corrected chi connectivity index (χ1v) is 8.87. The normalized spacial score (nSPS) is 15.9. The van der Waals surface area contributed by atoms with Crippen molar-refractivity contribution in [1.82, 2.24) is 4.98 Å². The fourth-order valence-electron chi connectivity index (χ4n) is 3.05. The van der Waals surface area contributed by atoms with Gasteiger partial charge in [0.1, 0.15) is 12.0 Å². The van der Waals surface area contributed by atoms with Crippen molar-refractivity contribution in [3.05, 3.63) is 87.5 Å². The number of rotatable bonds is 3. The van der Waals surface area contributed by atoms with E-state index in [4.69, 9.17) is 23.2 Å². The maximum absolute atomic E-state index is 13.0. The fourth-order valence-corrected chi connectivity index (χ4v) is 3.51. The molecule has 1 aliphatic heterocycles. The molecule has 1 N–H and O–H groups in total. The highest BCUT2D eigenvalue weighted by Crippen LogP contribution is 2.38. The Bertz CT molecular complexity index is 989. The Morgan fingerprint density at radius 2 is 1.88 bits per heavy atom. The zero-order valence-corrected chi connectivity index (χ0v) is 15.4. The van der Waals surface area contributed by atoms with E-state index in [1.54, 1.807) is 29.3 Å². The molecule has 0 aliphatic carbocycles. The number of benzene rings is 2. The smallest absolute Gasteiger partial charge is 0.261 e. The van der Waals surface area contributed by atoms with Crippen molar-refractivity contribution in [2.75, 3.05) is 10.2 Å². The van der Waals surface area contributed by atoms with E-state index in [9.17, 15) is 4.79 Å². The topological polar surface area (TPSA) is 45.2 Å². The van der Waals surface area contributed by atoms with E-state index in [0.717, 1.165) is 11.1 Å². The molecular formula is C20H15Cl2N3O. The summed E-state index contributed by atoms with van der Waals surface area (Å²) in [5, 5.41) is 4.41. The van der Waals surface area contributed by atoms with E-state index in [1.165, 1.54) is 0 Å². The second kappa shape index (κ2) is 6.63. The molecule has 0 radical (unpaired) electrons.